The van der Waals surface area contributed by atoms with Crippen LogP contribution in [0, 0.1) is 7.14 Å². The Kier molecular flexibility index (Phi) is 15.5. The zero-order chi connectivity index (χ0) is 31.1. The van der Waals surface area contributed by atoms with Crippen molar-refractivity contribution in [3.05, 3.63) is 49.1 Å². The van der Waals surface area contributed by atoms with Gasteiger partial charge >= 0.3 is 246 Å². The minimum atomic E-state index is -1.14. The van der Waals surface area contributed by atoms with Gasteiger partial charge in [-0.15, -0.1) is 0 Å². The van der Waals surface area contributed by atoms with E-state index in [9.17, 15) is 24.2 Å². The molecule has 0 bridgehead atoms. The topological polar surface area (TPSA) is 149 Å². The molecule has 2 rings (SSSR count). The van der Waals surface area contributed by atoms with Crippen LogP contribution in [0.4, 0.5) is 9.59 Å². The second-order valence-electron chi connectivity index (χ2n) is 9.02. The van der Waals surface area contributed by atoms with Crippen LogP contribution in [0.5, 0.6) is 17.2 Å². The summed E-state index contributed by atoms with van der Waals surface area (Å²) in [7, 11) is 10.6. The van der Waals surface area contributed by atoms with Crippen LogP contribution in [0.1, 0.15) is 38.2 Å². The molecule has 0 spiro atoms. The van der Waals surface area contributed by atoms with Crippen LogP contribution in [0.15, 0.2) is 36.4 Å². The number of carbonyl (C=O) groups is 4. The van der Waals surface area contributed by atoms with Crippen molar-refractivity contribution in [2.75, 3.05) is 20.3 Å². The van der Waals surface area contributed by atoms with E-state index in [4.69, 9.17) is 34.6 Å². The van der Waals surface area contributed by atoms with Crippen molar-refractivity contribution in [2.24, 2.45) is 0 Å². The molecule has 2 aromatic rings. The average Bonchev–Trinajstić information content (AvgIpc) is 2.92. The quantitative estimate of drug-likeness (QED) is 0.0819. The number of ether oxygens (including phenoxy) is 4. The SMILES string of the molecule is [B]C(=O)Oc1cc(C[C@H](NB(C)O)C(=O)OC)c([I-]c2ccc(OCCCCCC(=O)NCC)cc2)cc1OC([B])=O. The molecule has 1 atom stereocenters. The fraction of sp³-hybridized carbons (Fsp3) is 0.407. The summed E-state index contributed by atoms with van der Waals surface area (Å²) in [6, 6.07) is 9.56. The number of esters is 1. The van der Waals surface area contributed by atoms with Crippen molar-refractivity contribution in [1.29, 1.82) is 0 Å². The van der Waals surface area contributed by atoms with E-state index in [1.807, 2.05) is 31.2 Å². The molecule has 0 aliphatic rings. The van der Waals surface area contributed by atoms with E-state index in [-0.39, 0.29) is 23.8 Å². The van der Waals surface area contributed by atoms with E-state index < -0.39 is 52.0 Å². The molecule has 0 unspecified atom stereocenters. The fourth-order valence-electron chi connectivity index (χ4n) is 3.81. The number of unbranched alkanes of at least 4 members (excludes halogenated alkanes) is 2. The van der Waals surface area contributed by atoms with Crippen LogP contribution in [-0.2, 0) is 20.7 Å². The normalized spacial score (nSPS) is 11.3. The molecule has 4 radical (unpaired) electrons. The Morgan fingerprint density at radius 1 is 1.00 bits per heavy atom. The van der Waals surface area contributed by atoms with Crippen LogP contribution in [0.25, 0.3) is 0 Å². The molecule has 222 valence electrons. The van der Waals surface area contributed by atoms with Gasteiger partial charge in [-0.2, -0.15) is 0 Å². The van der Waals surface area contributed by atoms with Gasteiger partial charge in [0.05, 0.1) is 0 Å². The molecule has 0 saturated heterocycles. The molecular formula is C27H33B3IN2O9-. The van der Waals surface area contributed by atoms with Gasteiger partial charge < -0.3 is 0 Å². The number of hydrogen-bond acceptors (Lipinski definition) is 10. The predicted octanol–water partition coefficient (Wildman–Crippen LogP) is -0.991. The van der Waals surface area contributed by atoms with Crippen LogP contribution < -0.4 is 46.0 Å². The molecule has 0 aliphatic carbocycles. The van der Waals surface area contributed by atoms with Gasteiger partial charge in [-0.25, -0.2) is 0 Å². The van der Waals surface area contributed by atoms with Crippen LogP contribution in [0.3, 0.4) is 0 Å². The number of carbonyl (C=O) groups excluding carboxylic acids is 4. The zero-order valence-electron chi connectivity index (χ0n) is 23.8. The molecule has 0 aliphatic heterocycles. The number of hydrogen-bond donors (Lipinski definition) is 3. The van der Waals surface area contributed by atoms with Gasteiger partial charge in [0, 0.05) is 6.54 Å². The van der Waals surface area contributed by atoms with E-state index in [0.717, 1.165) is 26.4 Å². The number of halogens is 1. The van der Waals surface area contributed by atoms with Crippen molar-refractivity contribution in [1.82, 2.24) is 10.5 Å². The number of methoxy groups -OCH3 is 1. The van der Waals surface area contributed by atoms with E-state index in [1.54, 1.807) is 0 Å². The molecule has 0 fully saturated rings. The third-order valence-electron chi connectivity index (χ3n) is 5.60. The van der Waals surface area contributed by atoms with Crippen LogP contribution in [0.2, 0.25) is 6.82 Å². The van der Waals surface area contributed by atoms with E-state index in [1.165, 1.54) is 26.1 Å². The number of rotatable bonds is 17. The summed E-state index contributed by atoms with van der Waals surface area (Å²) in [5, 5.41) is 15.4. The van der Waals surface area contributed by atoms with Gasteiger partial charge in [-0.05, 0) is 6.92 Å². The van der Waals surface area contributed by atoms with Gasteiger partial charge in [-0.3, -0.25) is 0 Å². The van der Waals surface area contributed by atoms with Crippen molar-refractivity contribution in [3.63, 3.8) is 0 Å². The molecule has 15 heteroatoms. The van der Waals surface area contributed by atoms with Crippen molar-refractivity contribution < 1.29 is 64.4 Å². The molecular weight excluding hydrogens is 656 g/mol. The first-order valence-electron chi connectivity index (χ1n) is 13.3. The fourth-order valence-corrected chi connectivity index (χ4v) is 6.36. The molecule has 2 aromatic carbocycles. The van der Waals surface area contributed by atoms with Gasteiger partial charge in [0.2, 0.25) is 0 Å². The Morgan fingerprint density at radius 3 is 2.21 bits per heavy atom. The monoisotopic (exact) mass is 689 g/mol. The molecule has 11 nitrogen and oxygen atoms in total. The zero-order valence-corrected chi connectivity index (χ0v) is 26.0. The molecule has 42 heavy (non-hydrogen) atoms. The first kappa shape index (κ1) is 35.2. The van der Waals surface area contributed by atoms with Crippen molar-refractivity contribution in [2.45, 2.75) is 51.9 Å². The standard InChI is InChI=1S/C27H33B3IN2O9/c1-4-32-24(34)8-6-5-7-13-40-19-11-9-18(10-12-19)31-20-16-23(42-27(29)37)22(41-26(28)36)15-17(20)14-21(25(35)39-3)33-30(2)38/h9-12,15-16,21,33,38H,4-8,13-14H2,1-3H3,(H,32,34)/q-1/t21-/m0/s1. The second kappa shape index (κ2) is 18.5. The van der Waals surface area contributed by atoms with Crippen molar-refractivity contribution >= 4 is 46.4 Å². The summed E-state index contributed by atoms with van der Waals surface area (Å²) in [6.07, 6.45) is 3.06. The maximum absolute atomic E-state index is 12.4. The minimum absolute atomic E-state index is 0.0555. The maximum atomic E-state index is 12.4. The van der Waals surface area contributed by atoms with Crippen LogP contribution in [-0.4, -0.2) is 77.7 Å². The van der Waals surface area contributed by atoms with Gasteiger partial charge in [0.1, 0.15) is 0 Å². The second-order valence-corrected chi connectivity index (χ2v) is 12.0. The molecule has 0 saturated carbocycles. The van der Waals surface area contributed by atoms with Crippen LogP contribution >= 0.6 is 0 Å². The first-order chi connectivity index (χ1) is 20.0. The third kappa shape index (κ3) is 12.9. The van der Waals surface area contributed by atoms with E-state index in [2.05, 4.69) is 10.5 Å². The van der Waals surface area contributed by atoms with E-state index >= 15 is 0 Å². The summed E-state index contributed by atoms with van der Waals surface area (Å²) in [5.41, 5.74) is 0.576. The predicted molar refractivity (Wildman–Crippen MR) is 153 cm³/mol. The summed E-state index contributed by atoms with van der Waals surface area (Å²) in [4.78, 5) is 47.0. The summed E-state index contributed by atoms with van der Waals surface area (Å²) in [6.45, 7) is 4.51. The molecule has 1 amide bonds. The van der Waals surface area contributed by atoms with Gasteiger partial charge in [0.25, 0.3) is 0 Å². The van der Waals surface area contributed by atoms with Crippen molar-refractivity contribution in [3.8, 4) is 17.2 Å². The van der Waals surface area contributed by atoms with E-state index in [0.29, 0.717) is 30.9 Å². The average molecular weight is 689 g/mol. The Labute approximate surface area is 259 Å². The number of benzene rings is 2. The summed E-state index contributed by atoms with van der Waals surface area (Å²) >= 11 is -0.931. The number of amides is 1. The third-order valence-corrected chi connectivity index (χ3v) is 8.53. The Bertz CT molecular complexity index is 1220. The Morgan fingerprint density at radius 2 is 1.64 bits per heavy atom. The molecule has 3 N–H and O–H groups in total. The first-order valence-corrected chi connectivity index (χ1v) is 15.5. The summed E-state index contributed by atoms with van der Waals surface area (Å²) in [5.74, 6) is -2.37. The number of nitrogens with one attached hydrogen (secondary N) is 2. The van der Waals surface area contributed by atoms with Gasteiger partial charge in [-0.1, -0.05) is 0 Å². The molecule has 0 heterocycles. The summed E-state index contributed by atoms with van der Waals surface area (Å²) < 4.78 is 22.5. The molecule has 0 aromatic heterocycles. The Hall–Kier alpha value is -3.04. The van der Waals surface area contributed by atoms with Gasteiger partial charge in [0.15, 0.2) is 0 Å². The Balaban J connectivity index is 2.23.